The first-order valence-corrected chi connectivity index (χ1v) is 7.77. The predicted molar refractivity (Wildman–Crippen MR) is 81.4 cm³/mol. The van der Waals surface area contributed by atoms with Crippen LogP contribution in [0.1, 0.15) is 12.5 Å². The van der Waals surface area contributed by atoms with Crippen LogP contribution in [0.15, 0.2) is 48.2 Å². The Morgan fingerprint density at radius 1 is 1.29 bits per heavy atom. The Balaban J connectivity index is 2.78. The van der Waals surface area contributed by atoms with Crippen LogP contribution in [0, 0.1) is 5.82 Å². The van der Waals surface area contributed by atoms with Crippen molar-refractivity contribution in [2.24, 2.45) is 4.99 Å². The van der Waals surface area contributed by atoms with Crippen LogP contribution in [0.4, 0.5) is 4.39 Å². The second kappa shape index (κ2) is 6.53. The summed E-state index contributed by atoms with van der Waals surface area (Å²) in [7, 11) is -2.09. The van der Waals surface area contributed by atoms with Crippen molar-refractivity contribution < 1.29 is 17.5 Å². The van der Waals surface area contributed by atoms with Crippen LogP contribution in [-0.4, -0.2) is 31.9 Å². The zero-order chi connectivity index (χ0) is 16.2. The molecular formula is C14H17FN2O3S. The molecule has 0 bridgehead atoms. The maximum Gasteiger partial charge on any atom is 0.233 e. The molecule has 0 saturated carbocycles. The van der Waals surface area contributed by atoms with E-state index in [9.17, 15) is 12.8 Å². The van der Waals surface area contributed by atoms with Gasteiger partial charge in [0.1, 0.15) is 17.4 Å². The van der Waals surface area contributed by atoms with Crippen molar-refractivity contribution in [3.63, 3.8) is 0 Å². The third-order valence-electron chi connectivity index (χ3n) is 2.58. The molecule has 0 aromatic heterocycles. The SMILES string of the molecule is C=C(O/C(C)=N/C(=C)N(C)S(C)(=O)=O)c1ccc(F)cc1. The number of aliphatic imine (C=N–C) groups is 1. The van der Waals surface area contributed by atoms with Crippen molar-refractivity contribution in [2.75, 3.05) is 13.3 Å². The van der Waals surface area contributed by atoms with Crippen LogP contribution in [-0.2, 0) is 14.8 Å². The van der Waals surface area contributed by atoms with Crippen molar-refractivity contribution in [1.29, 1.82) is 0 Å². The fourth-order valence-electron chi connectivity index (χ4n) is 1.34. The summed E-state index contributed by atoms with van der Waals surface area (Å²) in [4.78, 5) is 3.94. The molecule has 7 heteroatoms. The molecule has 5 nitrogen and oxygen atoms in total. The second-order valence-electron chi connectivity index (χ2n) is 4.31. The van der Waals surface area contributed by atoms with Crippen molar-refractivity contribution in [2.45, 2.75) is 6.92 Å². The average Bonchev–Trinajstić information content (AvgIpc) is 2.37. The first kappa shape index (κ1) is 16.9. The molecule has 1 aromatic carbocycles. The first-order valence-electron chi connectivity index (χ1n) is 5.92. The van der Waals surface area contributed by atoms with Crippen LogP contribution in [0.5, 0.6) is 0 Å². The fourth-order valence-corrected chi connectivity index (χ4v) is 1.76. The van der Waals surface area contributed by atoms with Gasteiger partial charge in [-0.1, -0.05) is 13.2 Å². The average molecular weight is 312 g/mol. The largest absolute Gasteiger partial charge is 0.443 e. The van der Waals surface area contributed by atoms with Crippen LogP contribution in [0.3, 0.4) is 0 Å². The minimum atomic E-state index is -3.43. The van der Waals surface area contributed by atoms with Crippen molar-refractivity contribution in [1.82, 2.24) is 4.31 Å². The normalized spacial score (nSPS) is 11.9. The Morgan fingerprint density at radius 2 is 1.81 bits per heavy atom. The molecule has 0 heterocycles. The number of rotatable bonds is 5. The van der Waals surface area contributed by atoms with Crippen molar-refractivity contribution in [3.8, 4) is 0 Å². The van der Waals surface area contributed by atoms with E-state index in [0.29, 0.717) is 5.56 Å². The smallest absolute Gasteiger partial charge is 0.233 e. The van der Waals surface area contributed by atoms with Crippen LogP contribution in [0.25, 0.3) is 5.76 Å². The second-order valence-corrected chi connectivity index (χ2v) is 6.32. The van der Waals surface area contributed by atoms with E-state index in [-0.39, 0.29) is 23.3 Å². The van der Waals surface area contributed by atoms with Gasteiger partial charge in [0.2, 0.25) is 10.0 Å². The van der Waals surface area contributed by atoms with E-state index in [1.54, 1.807) is 0 Å². The Bertz CT molecular complexity index is 679. The minimum Gasteiger partial charge on any atom is -0.443 e. The van der Waals surface area contributed by atoms with Gasteiger partial charge in [0.15, 0.2) is 5.90 Å². The lowest BCUT2D eigenvalue weighted by Crippen LogP contribution is -2.24. The van der Waals surface area contributed by atoms with Gasteiger partial charge in [0, 0.05) is 19.5 Å². The van der Waals surface area contributed by atoms with Gasteiger partial charge in [0.05, 0.1) is 6.26 Å². The molecule has 1 rings (SSSR count). The molecule has 0 aliphatic heterocycles. The Hall–Kier alpha value is -2.15. The molecule has 0 amide bonds. The van der Waals surface area contributed by atoms with Crippen LogP contribution >= 0.6 is 0 Å². The summed E-state index contributed by atoms with van der Waals surface area (Å²) in [6.07, 6.45) is 1.04. The molecule has 0 spiro atoms. The first-order chi connectivity index (χ1) is 9.61. The summed E-state index contributed by atoms with van der Waals surface area (Å²) < 4.78 is 41.8. The molecule has 0 N–H and O–H groups in total. The molecule has 0 aliphatic rings. The highest BCUT2D eigenvalue weighted by molar-refractivity contribution is 7.88. The van der Waals surface area contributed by atoms with E-state index in [2.05, 4.69) is 18.2 Å². The number of benzene rings is 1. The van der Waals surface area contributed by atoms with Crippen molar-refractivity contribution in [3.05, 3.63) is 54.6 Å². The van der Waals surface area contributed by atoms with Gasteiger partial charge in [-0.15, -0.1) is 0 Å². The number of ether oxygens (including phenoxy) is 1. The number of hydrogen-bond acceptors (Lipinski definition) is 4. The topological polar surface area (TPSA) is 59.0 Å². The quantitative estimate of drug-likeness (QED) is 0.477. The number of sulfonamides is 1. The molecule has 0 aliphatic carbocycles. The third kappa shape index (κ3) is 5.03. The summed E-state index contributed by atoms with van der Waals surface area (Å²) in [5.74, 6) is 0.0953. The number of hydrogen-bond donors (Lipinski definition) is 0. The van der Waals surface area contributed by atoms with E-state index in [1.807, 2.05) is 0 Å². The molecule has 21 heavy (non-hydrogen) atoms. The Kier molecular flexibility index (Phi) is 5.26. The molecule has 114 valence electrons. The molecule has 0 saturated heterocycles. The predicted octanol–water partition coefficient (Wildman–Crippen LogP) is 2.59. The van der Waals surface area contributed by atoms with Gasteiger partial charge >= 0.3 is 0 Å². The lowest BCUT2D eigenvalue weighted by atomic mass is 10.2. The van der Waals surface area contributed by atoms with Gasteiger partial charge in [0.25, 0.3) is 0 Å². The number of nitrogens with zero attached hydrogens (tertiary/aromatic N) is 2. The summed E-state index contributed by atoms with van der Waals surface area (Å²) in [6.45, 7) is 8.80. The van der Waals surface area contributed by atoms with E-state index in [4.69, 9.17) is 4.74 Å². The Morgan fingerprint density at radius 3 is 2.29 bits per heavy atom. The van der Waals surface area contributed by atoms with Crippen LogP contribution < -0.4 is 0 Å². The summed E-state index contributed by atoms with van der Waals surface area (Å²) >= 11 is 0. The van der Waals surface area contributed by atoms with E-state index in [1.165, 1.54) is 38.2 Å². The highest BCUT2D eigenvalue weighted by Gasteiger charge is 2.13. The minimum absolute atomic E-state index is 0.0157. The maximum absolute atomic E-state index is 12.8. The lowest BCUT2D eigenvalue weighted by Gasteiger charge is -2.16. The summed E-state index contributed by atoms with van der Waals surface area (Å²) in [5.41, 5.74) is 0.591. The zero-order valence-electron chi connectivity index (χ0n) is 12.1. The van der Waals surface area contributed by atoms with Gasteiger partial charge in [-0.2, -0.15) is 4.99 Å². The van der Waals surface area contributed by atoms with Gasteiger partial charge < -0.3 is 4.74 Å². The molecule has 0 atom stereocenters. The molecule has 0 radical (unpaired) electrons. The lowest BCUT2D eigenvalue weighted by molar-refractivity contribution is 0.494. The molecular weight excluding hydrogens is 295 g/mol. The summed E-state index contributed by atoms with van der Waals surface area (Å²) in [5, 5.41) is 0. The van der Waals surface area contributed by atoms with Crippen molar-refractivity contribution >= 4 is 21.7 Å². The third-order valence-corrected chi connectivity index (χ3v) is 3.79. The number of halogens is 1. The standard InChI is InChI=1S/C14H17FN2O3S/c1-10(13-6-8-14(15)9-7-13)20-12(3)16-11(2)17(4)21(5,18)19/h6-9H,1-2H2,3-5H3/b16-12+. The van der Waals surface area contributed by atoms with E-state index in [0.717, 1.165) is 10.6 Å². The summed E-state index contributed by atoms with van der Waals surface area (Å²) in [6, 6.07) is 5.60. The highest BCUT2D eigenvalue weighted by Crippen LogP contribution is 2.15. The Labute approximate surface area is 124 Å². The molecule has 1 aromatic rings. The maximum atomic E-state index is 12.8. The van der Waals surface area contributed by atoms with E-state index >= 15 is 0 Å². The highest BCUT2D eigenvalue weighted by atomic mass is 32.2. The van der Waals surface area contributed by atoms with Gasteiger partial charge in [-0.25, -0.2) is 12.8 Å². The fraction of sp³-hybridized carbons (Fsp3) is 0.214. The molecule has 0 unspecified atom stereocenters. The molecule has 0 fully saturated rings. The zero-order valence-corrected chi connectivity index (χ0v) is 12.9. The monoisotopic (exact) mass is 312 g/mol. The van der Waals surface area contributed by atoms with E-state index < -0.39 is 10.0 Å². The van der Waals surface area contributed by atoms with Gasteiger partial charge in [-0.3, -0.25) is 4.31 Å². The van der Waals surface area contributed by atoms with Gasteiger partial charge in [-0.05, 0) is 24.3 Å². The van der Waals surface area contributed by atoms with Crippen LogP contribution in [0.2, 0.25) is 0 Å².